The van der Waals surface area contributed by atoms with Crippen molar-refractivity contribution in [3.63, 3.8) is 0 Å². The molecule has 0 bridgehead atoms. The zero-order chi connectivity index (χ0) is 27.3. The average Bonchev–Trinajstić information content (AvgIpc) is 2.88. The largest absolute Gasteiger partial charge is 0.494 e. The number of hydrogen-bond donors (Lipinski definition) is 3. The van der Waals surface area contributed by atoms with E-state index in [4.69, 9.17) is 9.52 Å². The molecule has 4 rings (SSSR count). The van der Waals surface area contributed by atoms with Crippen LogP contribution >= 0.6 is 0 Å². The number of anilines is 3. The van der Waals surface area contributed by atoms with Gasteiger partial charge in [0.1, 0.15) is 11.6 Å². The minimum atomic E-state index is -4.44. The second kappa shape index (κ2) is 11.1. The second-order valence-corrected chi connectivity index (χ2v) is 10.6. The Labute approximate surface area is 219 Å². The number of nitrogens with one attached hydrogen (secondary N) is 3. The van der Waals surface area contributed by atoms with E-state index in [-0.39, 0.29) is 12.5 Å². The molecule has 0 aliphatic carbocycles. The number of benzene rings is 3. The highest BCUT2D eigenvalue weighted by Crippen LogP contribution is 2.32. The number of nitrogens with zero attached hydrogens (tertiary/aromatic N) is 2. The number of halogens is 3. The molecule has 0 amide bonds. The highest BCUT2D eigenvalue weighted by atomic mass is 32.2. The van der Waals surface area contributed by atoms with Gasteiger partial charge in [0.15, 0.2) is 0 Å². The molecule has 0 spiro atoms. The molecule has 3 aromatic carbocycles. The van der Waals surface area contributed by atoms with E-state index < -0.39 is 21.5 Å². The third-order valence-electron chi connectivity index (χ3n) is 5.52. The van der Waals surface area contributed by atoms with Crippen LogP contribution in [0.2, 0.25) is 0 Å². The maximum Gasteiger partial charge on any atom is 0.416 e. The summed E-state index contributed by atoms with van der Waals surface area (Å²) in [5.41, 5.74) is 1.68. The first-order valence-electron chi connectivity index (χ1n) is 11.6. The van der Waals surface area contributed by atoms with Crippen LogP contribution in [0.4, 0.5) is 30.6 Å². The fraction of sp³-hybridized carbons (Fsp3) is 0.185. The van der Waals surface area contributed by atoms with Crippen molar-refractivity contribution in [3.8, 4) is 16.9 Å². The summed E-state index contributed by atoms with van der Waals surface area (Å²) in [6.07, 6.45) is -1.49. The molecular weight excluding hydrogens is 515 g/mol. The lowest BCUT2D eigenvalue weighted by atomic mass is 10.1. The highest BCUT2D eigenvalue weighted by molar-refractivity contribution is 7.91. The van der Waals surface area contributed by atoms with E-state index in [1.54, 1.807) is 36.5 Å². The third kappa shape index (κ3) is 6.80. The first-order valence-corrected chi connectivity index (χ1v) is 13.6. The molecule has 1 aromatic heterocycles. The minimum Gasteiger partial charge on any atom is -0.494 e. The van der Waals surface area contributed by atoms with E-state index >= 15 is 0 Å². The molecule has 0 aliphatic heterocycles. The lowest BCUT2D eigenvalue weighted by Gasteiger charge is -2.15. The molecule has 198 valence electrons. The van der Waals surface area contributed by atoms with E-state index in [0.717, 1.165) is 17.7 Å². The van der Waals surface area contributed by atoms with Gasteiger partial charge in [0.2, 0.25) is 5.95 Å². The van der Waals surface area contributed by atoms with Crippen molar-refractivity contribution in [1.82, 2.24) is 9.97 Å². The molecule has 1 unspecified atom stereocenters. The molecule has 7 nitrogen and oxygen atoms in total. The Balaban J connectivity index is 1.66. The van der Waals surface area contributed by atoms with Gasteiger partial charge in [-0.2, -0.15) is 18.2 Å². The van der Waals surface area contributed by atoms with Crippen molar-refractivity contribution < 1.29 is 22.1 Å². The van der Waals surface area contributed by atoms with E-state index in [1.807, 2.05) is 31.2 Å². The van der Waals surface area contributed by atoms with E-state index in [9.17, 15) is 17.4 Å². The molecule has 0 saturated carbocycles. The molecule has 38 heavy (non-hydrogen) atoms. The molecule has 11 heteroatoms. The van der Waals surface area contributed by atoms with Crippen LogP contribution in [0.25, 0.3) is 11.1 Å². The van der Waals surface area contributed by atoms with Gasteiger partial charge < -0.3 is 15.4 Å². The lowest BCUT2D eigenvalue weighted by molar-refractivity contribution is -0.137. The van der Waals surface area contributed by atoms with Crippen molar-refractivity contribution in [2.24, 2.45) is 0 Å². The van der Waals surface area contributed by atoms with Crippen molar-refractivity contribution in [2.75, 3.05) is 23.5 Å². The molecule has 3 N–H and O–H groups in total. The third-order valence-corrected chi connectivity index (χ3v) is 6.67. The zero-order valence-corrected chi connectivity index (χ0v) is 21.5. The number of aromatic nitrogens is 2. The molecule has 0 radical (unpaired) electrons. The summed E-state index contributed by atoms with van der Waals surface area (Å²) in [5.74, 6) is 1.33. The Kier molecular flexibility index (Phi) is 7.86. The SMILES string of the molecule is CCOc1ccc(-c2cnc(Nc3cccc(S(C)(=N)=O)c3)nc2NCc2cccc(C(F)(F)F)c2)cc1. The molecule has 0 fully saturated rings. The standard InChI is InChI=1S/C27H26F3N5O2S/c1-3-37-22-12-10-19(11-13-22)24-17-33-26(34-21-8-5-9-23(15-21)38(2,31)36)35-25(24)32-16-18-6-4-7-20(14-18)27(28,29)30/h4-15,17,31H,3,16H2,1-2H3,(H2,32,33,34,35). The summed E-state index contributed by atoms with van der Waals surface area (Å²) in [6, 6.07) is 19.0. The Morgan fingerprint density at radius 1 is 1.03 bits per heavy atom. The van der Waals surface area contributed by atoms with Gasteiger partial charge in [-0.1, -0.05) is 30.3 Å². The Hall–Kier alpha value is -4.12. The topological polar surface area (TPSA) is 100.0 Å². The van der Waals surface area contributed by atoms with E-state index in [1.165, 1.54) is 12.3 Å². The molecule has 1 atom stereocenters. The maximum atomic E-state index is 13.2. The first-order chi connectivity index (χ1) is 18.0. The first kappa shape index (κ1) is 26.9. The van der Waals surface area contributed by atoms with Gasteiger partial charge in [-0.15, -0.1) is 0 Å². The number of hydrogen-bond acceptors (Lipinski definition) is 7. The summed E-state index contributed by atoms with van der Waals surface area (Å²) < 4.78 is 65.0. The van der Waals surface area contributed by atoms with Gasteiger partial charge in [0.25, 0.3) is 0 Å². The predicted octanol–water partition coefficient (Wildman–Crippen LogP) is 6.95. The van der Waals surface area contributed by atoms with Crippen molar-refractivity contribution in [1.29, 1.82) is 4.78 Å². The molecular formula is C27H26F3N5O2S. The normalized spacial score (nSPS) is 13.0. The van der Waals surface area contributed by atoms with Crippen LogP contribution in [0.1, 0.15) is 18.1 Å². The number of alkyl halides is 3. The van der Waals surface area contributed by atoms with Gasteiger partial charge in [-0.05, 0) is 60.5 Å². The average molecular weight is 542 g/mol. The lowest BCUT2D eigenvalue weighted by Crippen LogP contribution is -2.09. The summed E-state index contributed by atoms with van der Waals surface area (Å²) in [4.78, 5) is 9.34. The molecule has 0 aliphatic rings. The minimum absolute atomic E-state index is 0.0939. The summed E-state index contributed by atoms with van der Waals surface area (Å²) in [6.45, 7) is 2.51. The summed E-state index contributed by atoms with van der Waals surface area (Å²) >= 11 is 0. The Morgan fingerprint density at radius 3 is 2.45 bits per heavy atom. The fourth-order valence-corrected chi connectivity index (χ4v) is 4.36. The molecule has 1 heterocycles. The van der Waals surface area contributed by atoms with Gasteiger partial charge in [-0.25, -0.2) is 14.0 Å². The Bertz CT molecular complexity index is 1520. The monoisotopic (exact) mass is 541 g/mol. The molecule has 4 aromatic rings. The van der Waals surface area contributed by atoms with Gasteiger partial charge in [0.05, 0.1) is 21.9 Å². The maximum absolute atomic E-state index is 13.2. The smallest absolute Gasteiger partial charge is 0.416 e. The van der Waals surface area contributed by atoms with Gasteiger partial charge in [-0.3, -0.25) is 0 Å². The van der Waals surface area contributed by atoms with E-state index in [2.05, 4.69) is 20.6 Å². The van der Waals surface area contributed by atoms with Crippen LogP contribution in [0.3, 0.4) is 0 Å². The van der Waals surface area contributed by atoms with Gasteiger partial charge >= 0.3 is 6.18 Å². The van der Waals surface area contributed by atoms with Crippen molar-refractivity contribution in [3.05, 3.63) is 90.1 Å². The second-order valence-electron chi connectivity index (χ2n) is 8.46. The van der Waals surface area contributed by atoms with Gasteiger partial charge in [0, 0.05) is 35.1 Å². The zero-order valence-electron chi connectivity index (χ0n) is 20.7. The van der Waals surface area contributed by atoms with Crippen LogP contribution in [-0.4, -0.2) is 27.0 Å². The predicted molar refractivity (Wildman–Crippen MR) is 142 cm³/mol. The quantitative estimate of drug-likeness (QED) is 0.212. The van der Waals surface area contributed by atoms with Crippen LogP contribution in [-0.2, 0) is 22.5 Å². The van der Waals surface area contributed by atoms with Crippen LogP contribution in [0, 0.1) is 4.78 Å². The fourth-order valence-electron chi connectivity index (χ4n) is 3.67. The highest BCUT2D eigenvalue weighted by Gasteiger charge is 2.30. The molecule has 0 saturated heterocycles. The summed E-state index contributed by atoms with van der Waals surface area (Å²) in [5, 5.41) is 6.19. The van der Waals surface area contributed by atoms with E-state index in [0.29, 0.717) is 39.9 Å². The van der Waals surface area contributed by atoms with Crippen LogP contribution in [0.5, 0.6) is 5.75 Å². The summed E-state index contributed by atoms with van der Waals surface area (Å²) in [7, 11) is -2.91. The van der Waals surface area contributed by atoms with Crippen LogP contribution < -0.4 is 15.4 Å². The van der Waals surface area contributed by atoms with Crippen LogP contribution in [0.15, 0.2) is 83.9 Å². The number of rotatable bonds is 9. The van der Waals surface area contributed by atoms with Crippen molar-refractivity contribution >= 4 is 27.2 Å². The van der Waals surface area contributed by atoms with Crippen molar-refractivity contribution in [2.45, 2.75) is 24.5 Å². The Morgan fingerprint density at radius 2 is 1.76 bits per heavy atom. The number of ether oxygens (including phenoxy) is 1.